The van der Waals surface area contributed by atoms with Crippen LogP contribution in [0.5, 0.6) is 0 Å². The van der Waals surface area contributed by atoms with Crippen molar-refractivity contribution in [3.8, 4) is 0 Å². The molecule has 9 heavy (non-hydrogen) atoms. The van der Waals surface area contributed by atoms with Gasteiger partial charge in [-0.15, -0.1) is 0 Å². The molecule has 0 radical (unpaired) electrons. The van der Waals surface area contributed by atoms with Crippen LogP contribution in [-0.2, 0) is 0 Å². The minimum Gasteiger partial charge on any atom is -0.0985 e. The first-order valence-corrected chi connectivity index (χ1v) is 3.02. The van der Waals surface area contributed by atoms with Gasteiger partial charge in [-0.3, -0.25) is 0 Å². The van der Waals surface area contributed by atoms with Crippen LogP contribution < -0.4 is 5.46 Å². The molecule has 0 fully saturated rings. The average molecular weight is 116 g/mol. The molecular formula is C8H9B. The normalized spacial score (nSPS) is 8.89. The van der Waals surface area contributed by atoms with E-state index in [1.54, 1.807) is 0 Å². The summed E-state index contributed by atoms with van der Waals surface area (Å²) in [4.78, 5) is 0. The molecule has 0 N–H and O–H groups in total. The van der Waals surface area contributed by atoms with Gasteiger partial charge in [0, 0.05) is 0 Å². The molecule has 0 saturated carbocycles. The summed E-state index contributed by atoms with van der Waals surface area (Å²) in [5.74, 6) is 0. The Hall–Kier alpha value is -0.975. The van der Waals surface area contributed by atoms with Gasteiger partial charge in [-0.05, 0) is 5.56 Å². The van der Waals surface area contributed by atoms with Crippen molar-refractivity contribution in [3.63, 3.8) is 0 Å². The predicted molar refractivity (Wildman–Crippen MR) is 44.7 cm³/mol. The van der Waals surface area contributed by atoms with E-state index in [2.05, 4.69) is 38.7 Å². The van der Waals surface area contributed by atoms with Crippen LogP contribution in [0.4, 0.5) is 0 Å². The molecule has 0 aliphatic carbocycles. The third kappa shape index (κ3) is 1.46. The van der Waals surface area contributed by atoms with Gasteiger partial charge < -0.3 is 0 Å². The van der Waals surface area contributed by atoms with Gasteiger partial charge in [-0.1, -0.05) is 42.4 Å². The Morgan fingerprint density at radius 1 is 1.22 bits per heavy atom. The van der Waals surface area contributed by atoms with Crippen molar-refractivity contribution in [2.45, 2.75) is 0 Å². The summed E-state index contributed by atoms with van der Waals surface area (Å²) in [5, 5.41) is 0. The van der Waals surface area contributed by atoms with Crippen LogP contribution >= 0.6 is 0 Å². The van der Waals surface area contributed by atoms with Gasteiger partial charge in [0.25, 0.3) is 0 Å². The van der Waals surface area contributed by atoms with Gasteiger partial charge >= 0.3 is 0 Å². The Balaban J connectivity index is 3.01. The zero-order valence-corrected chi connectivity index (χ0v) is 5.59. The molecule has 1 rings (SSSR count). The van der Waals surface area contributed by atoms with E-state index in [1.165, 1.54) is 11.0 Å². The summed E-state index contributed by atoms with van der Waals surface area (Å²) in [6.07, 6.45) is 1.85. The Kier molecular flexibility index (Phi) is 1.73. The van der Waals surface area contributed by atoms with E-state index in [0.29, 0.717) is 0 Å². The van der Waals surface area contributed by atoms with Crippen LogP contribution in [0, 0.1) is 0 Å². The van der Waals surface area contributed by atoms with Crippen molar-refractivity contribution in [1.29, 1.82) is 0 Å². The summed E-state index contributed by atoms with van der Waals surface area (Å²) in [7, 11) is 2.08. The molecule has 0 unspecified atom stereocenters. The molecule has 0 spiro atoms. The van der Waals surface area contributed by atoms with Crippen molar-refractivity contribution in [2.24, 2.45) is 0 Å². The Morgan fingerprint density at radius 2 is 1.78 bits per heavy atom. The first-order valence-electron chi connectivity index (χ1n) is 3.02. The van der Waals surface area contributed by atoms with Gasteiger partial charge in [0.15, 0.2) is 0 Å². The second kappa shape index (κ2) is 2.54. The quantitative estimate of drug-likeness (QED) is 0.471. The van der Waals surface area contributed by atoms with Gasteiger partial charge in [-0.2, -0.15) is 0 Å². The van der Waals surface area contributed by atoms with Crippen LogP contribution in [0.3, 0.4) is 0 Å². The summed E-state index contributed by atoms with van der Waals surface area (Å²) in [5.41, 5.74) is 2.47. The number of hydrogen-bond acceptors (Lipinski definition) is 0. The Bertz CT molecular complexity index is 198. The second-order valence-electron chi connectivity index (χ2n) is 2.11. The number of benzene rings is 1. The summed E-state index contributed by atoms with van der Waals surface area (Å²) in [6, 6.07) is 8.28. The molecule has 0 saturated heterocycles. The molecule has 0 aliphatic heterocycles. The molecule has 0 nitrogen and oxygen atoms in total. The SMILES string of the molecule is Bc1ccc(C=C)cc1. The maximum absolute atomic E-state index is 3.66. The van der Waals surface area contributed by atoms with E-state index in [9.17, 15) is 0 Å². The summed E-state index contributed by atoms with van der Waals surface area (Å²) < 4.78 is 0. The zero-order valence-electron chi connectivity index (χ0n) is 5.59. The van der Waals surface area contributed by atoms with Gasteiger partial charge in [0.2, 0.25) is 0 Å². The van der Waals surface area contributed by atoms with Gasteiger partial charge in [0.1, 0.15) is 7.85 Å². The van der Waals surface area contributed by atoms with Crippen LogP contribution in [0.2, 0.25) is 0 Å². The van der Waals surface area contributed by atoms with Crippen LogP contribution in [0.15, 0.2) is 30.8 Å². The predicted octanol–water partition coefficient (Wildman–Crippen LogP) is 0.588. The monoisotopic (exact) mass is 116 g/mol. The first kappa shape index (κ1) is 6.15. The third-order valence-electron chi connectivity index (χ3n) is 1.31. The smallest absolute Gasteiger partial charge is 0.0985 e. The molecule has 1 aromatic carbocycles. The number of rotatable bonds is 1. The lowest BCUT2D eigenvalue weighted by molar-refractivity contribution is 1.71. The molecule has 1 aromatic rings. The maximum Gasteiger partial charge on any atom is 0.139 e. The van der Waals surface area contributed by atoms with E-state index < -0.39 is 0 Å². The van der Waals surface area contributed by atoms with Gasteiger partial charge in [0.05, 0.1) is 0 Å². The van der Waals surface area contributed by atoms with Crippen molar-refractivity contribution < 1.29 is 0 Å². The summed E-state index contributed by atoms with van der Waals surface area (Å²) in [6.45, 7) is 3.66. The third-order valence-corrected chi connectivity index (χ3v) is 1.31. The van der Waals surface area contributed by atoms with Crippen molar-refractivity contribution >= 4 is 19.4 Å². The molecule has 0 bridgehead atoms. The molecule has 44 valence electrons. The summed E-state index contributed by atoms with van der Waals surface area (Å²) >= 11 is 0. The molecule has 1 heteroatoms. The van der Waals surface area contributed by atoms with Gasteiger partial charge in [-0.25, -0.2) is 0 Å². The van der Waals surface area contributed by atoms with E-state index in [4.69, 9.17) is 0 Å². The van der Waals surface area contributed by atoms with Crippen LogP contribution in [0.1, 0.15) is 5.56 Å². The van der Waals surface area contributed by atoms with Crippen molar-refractivity contribution in [2.75, 3.05) is 0 Å². The highest BCUT2D eigenvalue weighted by Crippen LogP contribution is 1.95. The van der Waals surface area contributed by atoms with Crippen LogP contribution in [0.25, 0.3) is 6.08 Å². The van der Waals surface area contributed by atoms with Crippen molar-refractivity contribution in [3.05, 3.63) is 36.4 Å². The Morgan fingerprint density at radius 3 is 2.22 bits per heavy atom. The highest BCUT2D eigenvalue weighted by atomic mass is 13.8. The molecule has 0 aromatic heterocycles. The minimum absolute atomic E-state index is 1.18. The molecular weight excluding hydrogens is 107 g/mol. The van der Waals surface area contributed by atoms with Crippen LogP contribution in [-0.4, -0.2) is 7.85 Å². The van der Waals surface area contributed by atoms with E-state index in [0.717, 1.165) is 0 Å². The highest BCUT2D eigenvalue weighted by molar-refractivity contribution is 6.32. The standard InChI is InChI=1S/C8H9B/c1-2-7-3-5-8(9)6-4-7/h2-6H,1,9H2. The van der Waals surface area contributed by atoms with E-state index >= 15 is 0 Å². The van der Waals surface area contributed by atoms with Crippen molar-refractivity contribution in [1.82, 2.24) is 0 Å². The minimum atomic E-state index is 1.18. The maximum atomic E-state index is 3.66. The lowest BCUT2D eigenvalue weighted by Gasteiger charge is -1.91. The number of hydrogen-bond donors (Lipinski definition) is 0. The molecule has 0 amide bonds. The first-order chi connectivity index (χ1) is 4.33. The highest BCUT2D eigenvalue weighted by Gasteiger charge is 1.82. The second-order valence-corrected chi connectivity index (χ2v) is 2.11. The Labute approximate surface area is 56.6 Å². The topological polar surface area (TPSA) is 0 Å². The molecule has 0 heterocycles. The lowest BCUT2D eigenvalue weighted by Crippen LogP contribution is -1.98. The van der Waals surface area contributed by atoms with E-state index in [-0.39, 0.29) is 0 Å². The lowest BCUT2D eigenvalue weighted by atomic mass is 9.95. The average Bonchev–Trinajstić information content (AvgIpc) is 1.90. The zero-order chi connectivity index (χ0) is 6.69. The molecule has 0 atom stereocenters. The van der Waals surface area contributed by atoms with E-state index in [1.807, 2.05) is 6.08 Å². The fraction of sp³-hybridized carbons (Fsp3) is 0. The largest absolute Gasteiger partial charge is 0.139 e. The fourth-order valence-electron chi connectivity index (χ4n) is 0.703. The molecule has 0 aliphatic rings. The fourth-order valence-corrected chi connectivity index (χ4v) is 0.703.